The van der Waals surface area contributed by atoms with Crippen molar-refractivity contribution in [2.24, 2.45) is 5.10 Å². The molecule has 1 aliphatic rings. The number of hydrogen-bond donors (Lipinski definition) is 1. The molecule has 0 fully saturated rings. The van der Waals surface area contributed by atoms with Gasteiger partial charge in [0, 0.05) is 5.69 Å². The number of nitrogens with zero attached hydrogens (tertiary/aromatic N) is 2. The predicted molar refractivity (Wildman–Crippen MR) is 138 cm³/mol. The van der Waals surface area contributed by atoms with E-state index in [1.165, 1.54) is 18.2 Å². The smallest absolute Gasteiger partial charge is 0.280 e. The minimum atomic E-state index is -1.34. The van der Waals surface area contributed by atoms with Gasteiger partial charge in [0.15, 0.2) is 18.1 Å². The van der Waals surface area contributed by atoms with Crippen molar-refractivity contribution in [1.82, 2.24) is 0 Å². The molecule has 3 aromatic carbocycles. The lowest BCUT2D eigenvalue weighted by Gasteiger charge is -2.14. The summed E-state index contributed by atoms with van der Waals surface area (Å²) in [6.07, 6.45) is 1.66. The Morgan fingerprint density at radius 2 is 1.78 bits per heavy atom. The first kappa shape index (κ1) is 25.2. The molecule has 2 amide bonds. The second-order valence-electron chi connectivity index (χ2n) is 8.04. The number of carboxylic acids is 1. The van der Waals surface area contributed by atoms with Crippen LogP contribution in [0.1, 0.15) is 29.8 Å². The van der Waals surface area contributed by atoms with Crippen LogP contribution in [0.25, 0.3) is 6.08 Å². The normalized spacial score (nSPS) is 13.9. The zero-order valence-electron chi connectivity index (χ0n) is 20.3. The van der Waals surface area contributed by atoms with Crippen LogP contribution in [0.2, 0.25) is 0 Å². The minimum absolute atomic E-state index is 0.0509. The summed E-state index contributed by atoms with van der Waals surface area (Å²) in [5.41, 5.74) is 2.42. The van der Waals surface area contributed by atoms with Crippen molar-refractivity contribution in [3.63, 3.8) is 0 Å². The van der Waals surface area contributed by atoms with Crippen LogP contribution in [0, 0.1) is 0 Å². The van der Waals surface area contributed by atoms with E-state index < -0.39 is 11.9 Å². The van der Waals surface area contributed by atoms with Crippen molar-refractivity contribution in [2.45, 2.75) is 13.8 Å². The number of carboxylic acid groups (broad SMARTS) is 1. The Hall–Kier alpha value is -4.92. The van der Waals surface area contributed by atoms with Crippen LogP contribution >= 0.6 is 0 Å². The number of hydrazone groups is 1. The van der Waals surface area contributed by atoms with Crippen molar-refractivity contribution in [1.29, 1.82) is 0 Å². The summed E-state index contributed by atoms with van der Waals surface area (Å²) in [7, 11) is 0. The lowest BCUT2D eigenvalue weighted by atomic mass is 10.1. The molecule has 3 aromatic rings. The van der Waals surface area contributed by atoms with E-state index in [0.717, 1.165) is 5.01 Å². The maximum atomic E-state index is 13.1. The molecule has 0 saturated heterocycles. The van der Waals surface area contributed by atoms with Crippen molar-refractivity contribution in [3.05, 3.63) is 89.5 Å². The number of amides is 2. The molecule has 0 bridgehead atoms. The van der Waals surface area contributed by atoms with Gasteiger partial charge in [0.05, 0.1) is 29.5 Å². The van der Waals surface area contributed by atoms with E-state index in [2.05, 4.69) is 10.4 Å². The zero-order valence-corrected chi connectivity index (χ0v) is 20.3. The fraction of sp³-hybridized carbons (Fsp3) is 0.143. The first-order valence-corrected chi connectivity index (χ1v) is 11.5. The van der Waals surface area contributed by atoms with Crippen LogP contribution in [0.3, 0.4) is 0 Å². The summed E-state index contributed by atoms with van der Waals surface area (Å²) in [6, 6.07) is 20.0. The Balaban J connectivity index is 1.50. The number of anilines is 2. The maximum absolute atomic E-state index is 13.1. The Morgan fingerprint density at radius 1 is 1.00 bits per heavy atom. The number of ether oxygens (including phenoxy) is 2. The van der Waals surface area contributed by atoms with Crippen LogP contribution in [0.15, 0.2) is 83.5 Å². The molecule has 1 N–H and O–H groups in total. The number of carbonyl (C=O) groups excluding carboxylic acids is 3. The number of para-hydroxylation sites is 1. The Labute approximate surface area is 213 Å². The molecule has 9 heteroatoms. The van der Waals surface area contributed by atoms with E-state index in [4.69, 9.17) is 9.47 Å². The van der Waals surface area contributed by atoms with Crippen LogP contribution in [0.4, 0.5) is 11.4 Å². The maximum Gasteiger partial charge on any atom is 0.280 e. The number of benzene rings is 3. The van der Waals surface area contributed by atoms with E-state index in [1.54, 1.807) is 49.4 Å². The highest BCUT2D eigenvalue weighted by Gasteiger charge is 2.29. The second kappa shape index (κ2) is 11.2. The number of nitrogens with one attached hydrogen (secondary N) is 1. The first-order valence-electron chi connectivity index (χ1n) is 11.5. The van der Waals surface area contributed by atoms with E-state index in [9.17, 15) is 19.5 Å². The summed E-state index contributed by atoms with van der Waals surface area (Å²) in [5.74, 6) is -1.25. The molecule has 37 heavy (non-hydrogen) atoms. The monoisotopic (exact) mass is 498 g/mol. The van der Waals surface area contributed by atoms with Gasteiger partial charge in [0.1, 0.15) is 0 Å². The third kappa shape index (κ3) is 6.02. The van der Waals surface area contributed by atoms with Gasteiger partial charge in [-0.2, -0.15) is 10.1 Å². The Kier molecular flexibility index (Phi) is 7.63. The molecule has 0 saturated carbocycles. The zero-order chi connectivity index (χ0) is 26.4. The van der Waals surface area contributed by atoms with Gasteiger partial charge < -0.3 is 24.7 Å². The van der Waals surface area contributed by atoms with Crippen molar-refractivity contribution in [2.75, 3.05) is 23.5 Å². The minimum Gasteiger partial charge on any atom is -0.545 e. The summed E-state index contributed by atoms with van der Waals surface area (Å²) in [4.78, 5) is 36.5. The van der Waals surface area contributed by atoms with Gasteiger partial charge in [-0.15, -0.1) is 0 Å². The summed E-state index contributed by atoms with van der Waals surface area (Å²) < 4.78 is 11.4. The SMILES string of the molecule is CCOc1cc(/C=C2/C(=O)N(c3cccc(C(=O)[O-])c3)N=C2C)ccc1OCC(=O)Nc1ccccc1. The molecule has 0 spiro atoms. The number of carbonyl (C=O) groups is 3. The molecular formula is C28H24N3O6-. The average molecular weight is 499 g/mol. The van der Waals surface area contributed by atoms with Gasteiger partial charge in [-0.1, -0.05) is 36.4 Å². The highest BCUT2D eigenvalue weighted by atomic mass is 16.5. The fourth-order valence-corrected chi connectivity index (χ4v) is 3.65. The van der Waals surface area contributed by atoms with Crippen LogP contribution in [-0.4, -0.2) is 36.7 Å². The second-order valence-corrected chi connectivity index (χ2v) is 8.04. The highest BCUT2D eigenvalue weighted by molar-refractivity contribution is 6.32. The van der Waals surface area contributed by atoms with E-state index >= 15 is 0 Å². The average Bonchev–Trinajstić information content (AvgIpc) is 3.17. The summed E-state index contributed by atoms with van der Waals surface area (Å²) in [5, 5.41) is 19.4. The highest BCUT2D eigenvalue weighted by Crippen LogP contribution is 2.31. The first-order chi connectivity index (χ1) is 17.9. The molecule has 1 heterocycles. The van der Waals surface area contributed by atoms with Crippen LogP contribution in [0.5, 0.6) is 11.5 Å². The van der Waals surface area contributed by atoms with Gasteiger partial charge in [-0.25, -0.2) is 0 Å². The van der Waals surface area contributed by atoms with Gasteiger partial charge in [0.25, 0.3) is 11.8 Å². The van der Waals surface area contributed by atoms with Gasteiger partial charge >= 0.3 is 0 Å². The molecule has 188 valence electrons. The summed E-state index contributed by atoms with van der Waals surface area (Å²) in [6.45, 7) is 3.68. The van der Waals surface area contributed by atoms with Gasteiger partial charge in [-0.3, -0.25) is 9.59 Å². The van der Waals surface area contributed by atoms with E-state index in [-0.39, 0.29) is 18.1 Å². The van der Waals surface area contributed by atoms with E-state index in [0.29, 0.717) is 46.3 Å². The molecule has 0 unspecified atom stereocenters. The number of hydrogen-bond acceptors (Lipinski definition) is 7. The molecule has 9 nitrogen and oxygen atoms in total. The molecule has 0 aromatic heterocycles. The lowest BCUT2D eigenvalue weighted by Crippen LogP contribution is -2.24. The molecular weight excluding hydrogens is 474 g/mol. The van der Waals surface area contributed by atoms with E-state index in [1.807, 2.05) is 25.1 Å². The molecule has 0 atom stereocenters. The van der Waals surface area contributed by atoms with Gasteiger partial charge in [0.2, 0.25) is 0 Å². The van der Waals surface area contributed by atoms with Crippen molar-refractivity contribution < 1.29 is 29.0 Å². The third-order valence-corrected chi connectivity index (χ3v) is 5.38. The number of aromatic carboxylic acids is 1. The molecule has 0 aliphatic carbocycles. The summed E-state index contributed by atoms with van der Waals surface area (Å²) >= 11 is 0. The predicted octanol–water partition coefficient (Wildman–Crippen LogP) is 3.27. The van der Waals surface area contributed by atoms with Crippen LogP contribution in [-0.2, 0) is 9.59 Å². The quantitative estimate of drug-likeness (QED) is 0.452. The van der Waals surface area contributed by atoms with Crippen molar-refractivity contribution >= 4 is 40.9 Å². The number of rotatable bonds is 9. The fourth-order valence-electron chi connectivity index (χ4n) is 3.65. The van der Waals surface area contributed by atoms with Gasteiger partial charge in [-0.05, 0) is 67.4 Å². The van der Waals surface area contributed by atoms with Crippen LogP contribution < -0.4 is 24.9 Å². The molecule has 1 aliphatic heterocycles. The molecule has 4 rings (SSSR count). The Morgan fingerprint density at radius 3 is 2.51 bits per heavy atom. The Bertz CT molecular complexity index is 1400. The van der Waals surface area contributed by atoms with Crippen molar-refractivity contribution in [3.8, 4) is 11.5 Å². The topological polar surface area (TPSA) is 120 Å². The molecule has 0 radical (unpaired) electrons. The largest absolute Gasteiger partial charge is 0.545 e. The third-order valence-electron chi connectivity index (χ3n) is 5.38. The lowest BCUT2D eigenvalue weighted by molar-refractivity contribution is -0.255. The standard InChI is InChI=1S/C28H25N3O6/c1-3-36-25-15-19(12-13-24(25)37-17-26(32)29-21-9-5-4-6-10-21)14-23-18(2)30-31(27(23)33)22-11-7-8-20(16-22)28(34)35/h4-16H,3,17H2,1-2H3,(H,29,32)(H,34,35)/p-1/b23-14+.